The van der Waals surface area contributed by atoms with E-state index < -0.39 is 5.91 Å². The van der Waals surface area contributed by atoms with Gasteiger partial charge < -0.3 is 10.5 Å². The smallest absolute Gasteiger partial charge is 0.248 e. The van der Waals surface area contributed by atoms with Crippen LogP contribution in [0, 0.1) is 0 Å². The maximum Gasteiger partial charge on any atom is 0.248 e. The van der Waals surface area contributed by atoms with Crippen LogP contribution < -0.4 is 10.5 Å². The fourth-order valence-corrected chi connectivity index (χ4v) is 1.29. The van der Waals surface area contributed by atoms with Gasteiger partial charge in [-0.2, -0.15) is 0 Å². The number of carbonyl (C=O) groups excluding carboxylic acids is 1. The Morgan fingerprint density at radius 3 is 2.47 bits per heavy atom. The zero-order chi connectivity index (χ0) is 11.1. The van der Waals surface area contributed by atoms with Crippen LogP contribution in [0.4, 0.5) is 0 Å². The molecule has 1 aromatic rings. The fraction of sp³-hybridized carbons (Fsp3) is 0.364. The van der Waals surface area contributed by atoms with Crippen molar-refractivity contribution in [3.05, 3.63) is 29.8 Å². The average molecular weight is 228 g/mol. The summed E-state index contributed by atoms with van der Waals surface area (Å²) in [5.41, 5.74) is 5.60. The summed E-state index contributed by atoms with van der Waals surface area (Å²) in [5, 5.41) is 0. The molecule has 0 saturated carbocycles. The molecule has 2 N–H and O–H groups in total. The summed E-state index contributed by atoms with van der Waals surface area (Å²) in [5.74, 6) is 0.975. The summed E-state index contributed by atoms with van der Waals surface area (Å²) >= 11 is 5.53. The van der Waals surface area contributed by atoms with Gasteiger partial charge in [0, 0.05) is 11.4 Å². The number of hydrogen-bond donors (Lipinski definition) is 1. The number of amides is 1. The van der Waals surface area contributed by atoms with Gasteiger partial charge in [-0.05, 0) is 37.1 Å². The molecular formula is C11H14ClNO2. The molecule has 0 unspecified atom stereocenters. The van der Waals surface area contributed by atoms with Crippen molar-refractivity contribution in [1.29, 1.82) is 0 Å². The molecule has 15 heavy (non-hydrogen) atoms. The lowest BCUT2D eigenvalue weighted by atomic mass is 10.2. The maximum absolute atomic E-state index is 10.8. The lowest BCUT2D eigenvalue weighted by molar-refractivity contribution is 0.100. The summed E-state index contributed by atoms with van der Waals surface area (Å²) in [7, 11) is 0. The molecule has 3 nitrogen and oxygen atoms in total. The van der Waals surface area contributed by atoms with Crippen molar-refractivity contribution in [3.8, 4) is 5.75 Å². The van der Waals surface area contributed by atoms with Gasteiger partial charge in [0.05, 0.1) is 6.61 Å². The van der Waals surface area contributed by atoms with E-state index >= 15 is 0 Å². The summed E-state index contributed by atoms with van der Waals surface area (Å²) in [6.07, 6.45) is 1.88. The highest BCUT2D eigenvalue weighted by molar-refractivity contribution is 6.17. The molecular weight excluding hydrogens is 214 g/mol. The molecule has 0 aliphatic rings. The van der Waals surface area contributed by atoms with Crippen LogP contribution in [0.2, 0.25) is 0 Å². The van der Waals surface area contributed by atoms with E-state index in [1.165, 1.54) is 0 Å². The van der Waals surface area contributed by atoms with Gasteiger partial charge in [-0.15, -0.1) is 11.6 Å². The van der Waals surface area contributed by atoms with E-state index in [1.54, 1.807) is 24.3 Å². The van der Waals surface area contributed by atoms with Crippen molar-refractivity contribution in [1.82, 2.24) is 0 Å². The summed E-state index contributed by atoms with van der Waals surface area (Å²) in [4.78, 5) is 10.8. The third-order valence-corrected chi connectivity index (χ3v) is 2.20. The first-order valence-electron chi connectivity index (χ1n) is 4.82. The van der Waals surface area contributed by atoms with Crippen LogP contribution >= 0.6 is 11.6 Å². The van der Waals surface area contributed by atoms with Crippen LogP contribution in [-0.2, 0) is 0 Å². The normalized spacial score (nSPS) is 9.93. The first-order chi connectivity index (χ1) is 7.24. The molecule has 0 bridgehead atoms. The van der Waals surface area contributed by atoms with Crippen molar-refractivity contribution in [2.45, 2.75) is 12.8 Å². The number of alkyl halides is 1. The number of benzene rings is 1. The molecule has 4 heteroatoms. The molecule has 0 atom stereocenters. The van der Waals surface area contributed by atoms with Gasteiger partial charge in [0.15, 0.2) is 0 Å². The number of ether oxygens (including phenoxy) is 1. The van der Waals surface area contributed by atoms with Crippen LogP contribution in [0.15, 0.2) is 24.3 Å². The monoisotopic (exact) mass is 227 g/mol. The highest BCUT2D eigenvalue weighted by atomic mass is 35.5. The van der Waals surface area contributed by atoms with Gasteiger partial charge in [-0.3, -0.25) is 4.79 Å². The van der Waals surface area contributed by atoms with Gasteiger partial charge in [0.1, 0.15) is 5.75 Å². The average Bonchev–Trinajstić information content (AvgIpc) is 2.25. The lowest BCUT2D eigenvalue weighted by Gasteiger charge is -2.05. The van der Waals surface area contributed by atoms with E-state index in [4.69, 9.17) is 22.1 Å². The molecule has 82 valence electrons. The van der Waals surface area contributed by atoms with Gasteiger partial charge >= 0.3 is 0 Å². The number of halogens is 1. The third kappa shape index (κ3) is 4.21. The Bertz CT molecular complexity index is 311. The van der Waals surface area contributed by atoms with Crippen molar-refractivity contribution >= 4 is 17.5 Å². The van der Waals surface area contributed by atoms with Crippen LogP contribution in [0.5, 0.6) is 5.75 Å². The molecule has 0 aliphatic carbocycles. The lowest BCUT2D eigenvalue weighted by Crippen LogP contribution is -2.10. The minimum atomic E-state index is -0.427. The van der Waals surface area contributed by atoms with Crippen LogP contribution in [0.1, 0.15) is 23.2 Å². The molecule has 1 amide bonds. The predicted molar refractivity (Wildman–Crippen MR) is 60.4 cm³/mol. The largest absolute Gasteiger partial charge is 0.494 e. The number of unbranched alkanes of at least 4 members (excludes halogenated alkanes) is 1. The van der Waals surface area contributed by atoms with Crippen LogP contribution in [-0.4, -0.2) is 18.4 Å². The third-order valence-electron chi connectivity index (χ3n) is 1.94. The van der Waals surface area contributed by atoms with Gasteiger partial charge in [-0.25, -0.2) is 0 Å². The van der Waals surface area contributed by atoms with Crippen LogP contribution in [0.25, 0.3) is 0 Å². The summed E-state index contributed by atoms with van der Waals surface area (Å²) in [6, 6.07) is 6.78. The first-order valence-corrected chi connectivity index (χ1v) is 5.36. The maximum atomic E-state index is 10.8. The second-order valence-electron chi connectivity index (χ2n) is 3.13. The first kappa shape index (κ1) is 11.9. The SMILES string of the molecule is NC(=O)c1ccc(OCCCCCl)cc1. The van der Waals surface area contributed by atoms with Gasteiger partial charge in [0.2, 0.25) is 5.91 Å². The van der Waals surface area contributed by atoms with E-state index in [9.17, 15) is 4.79 Å². The number of carbonyl (C=O) groups is 1. The van der Waals surface area contributed by atoms with Crippen molar-refractivity contribution < 1.29 is 9.53 Å². The minimum absolute atomic E-state index is 0.427. The zero-order valence-electron chi connectivity index (χ0n) is 8.41. The van der Waals surface area contributed by atoms with Crippen molar-refractivity contribution in [2.24, 2.45) is 5.73 Å². The molecule has 1 aromatic carbocycles. The highest BCUT2D eigenvalue weighted by Crippen LogP contribution is 2.12. The van der Waals surface area contributed by atoms with Gasteiger partial charge in [0.25, 0.3) is 0 Å². The molecule has 0 spiro atoms. The number of hydrogen-bond acceptors (Lipinski definition) is 2. The Labute approximate surface area is 94.2 Å². The number of primary amides is 1. The fourth-order valence-electron chi connectivity index (χ4n) is 1.10. The van der Waals surface area contributed by atoms with E-state index in [0.29, 0.717) is 18.1 Å². The quantitative estimate of drug-likeness (QED) is 0.598. The molecule has 0 fully saturated rings. The Morgan fingerprint density at radius 1 is 1.27 bits per heavy atom. The van der Waals surface area contributed by atoms with E-state index in [0.717, 1.165) is 18.6 Å². The minimum Gasteiger partial charge on any atom is -0.494 e. The summed E-state index contributed by atoms with van der Waals surface area (Å²) in [6.45, 7) is 0.642. The molecule has 0 radical (unpaired) electrons. The molecule has 0 aromatic heterocycles. The Morgan fingerprint density at radius 2 is 1.93 bits per heavy atom. The Kier molecular flexibility index (Phi) is 4.98. The zero-order valence-corrected chi connectivity index (χ0v) is 9.17. The summed E-state index contributed by atoms with van der Waals surface area (Å²) < 4.78 is 5.43. The van der Waals surface area contributed by atoms with Crippen molar-refractivity contribution in [2.75, 3.05) is 12.5 Å². The highest BCUT2D eigenvalue weighted by Gasteiger charge is 1.99. The topological polar surface area (TPSA) is 52.3 Å². The van der Waals surface area contributed by atoms with E-state index in [2.05, 4.69) is 0 Å². The second kappa shape index (κ2) is 6.30. The molecule has 0 saturated heterocycles. The van der Waals surface area contributed by atoms with E-state index in [1.807, 2.05) is 0 Å². The number of rotatable bonds is 6. The van der Waals surface area contributed by atoms with Crippen LogP contribution in [0.3, 0.4) is 0 Å². The van der Waals surface area contributed by atoms with Gasteiger partial charge in [-0.1, -0.05) is 0 Å². The Hall–Kier alpha value is -1.22. The molecule has 0 aliphatic heterocycles. The number of nitrogens with two attached hydrogens (primary N) is 1. The van der Waals surface area contributed by atoms with E-state index in [-0.39, 0.29) is 0 Å². The standard InChI is InChI=1S/C11H14ClNO2/c12-7-1-2-8-15-10-5-3-9(4-6-10)11(13)14/h3-6H,1-2,7-8H2,(H2,13,14). The second-order valence-corrected chi connectivity index (χ2v) is 3.51. The predicted octanol–water partition coefficient (Wildman–Crippen LogP) is 2.18. The Balaban J connectivity index is 2.39. The molecule has 1 rings (SSSR count). The van der Waals surface area contributed by atoms with Crippen molar-refractivity contribution in [3.63, 3.8) is 0 Å². The molecule has 0 heterocycles.